The predicted octanol–water partition coefficient (Wildman–Crippen LogP) is 7.20. The fourth-order valence-electron chi connectivity index (χ4n) is 6.97. The minimum atomic E-state index is -0.314. The highest BCUT2D eigenvalue weighted by molar-refractivity contribution is 6.42. The molecule has 3 aliphatic rings. The van der Waals surface area contributed by atoms with Crippen LogP contribution < -0.4 is 5.32 Å². The van der Waals surface area contributed by atoms with Gasteiger partial charge in [0.1, 0.15) is 5.75 Å². The SMILES string of the molecule is O=C(NCC(=O)N1CCC(C2CCCCC(c3ccccc3O)CCC2)[C@H]1C1CC1)c1ccc(Cl)c(Cl)c1. The molecule has 38 heavy (non-hydrogen) atoms. The predicted molar refractivity (Wildman–Crippen MR) is 152 cm³/mol. The highest BCUT2D eigenvalue weighted by Crippen LogP contribution is 2.48. The zero-order valence-corrected chi connectivity index (χ0v) is 23.4. The van der Waals surface area contributed by atoms with Gasteiger partial charge in [-0.1, -0.05) is 73.5 Å². The fraction of sp³-hybridized carbons (Fsp3) is 0.548. The first-order valence-corrected chi connectivity index (χ1v) is 15.0. The van der Waals surface area contributed by atoms with Crippen LogP contribution in [0.3, 0.4) is 0 Å². The monoisotopic (exact) mass is 556 g/mol. The summed E-state index contributed by atoms with van der Waals surface area (Å²) in [7, 11) is 0. The quantitative estimate of drug-likeness (QED) is 0.395. The number of nitrogens with zero attached hydrogens (tertiary/aromatic N) is 1. The van der Waals surface area contributed by atoms with Gasteiger partial charge in [-0.15, -0.1) is 0 Å². The number of nitrogens with one attached hydrogen (secondary N) is 1. The van der Waals surface area contributed by atoms with Crippen LogP contribution >= 0.6 is 23.2 Å². The van der Waals surface area contributed by atoms with Crippen molar-refractivity contribution in [1.29, 1.82) is 0 Å². The van der Waals surface area contributed by atoms with Crippen molar-refractivity contribution < 1.29 is 14.7 Å². The van der Waals surface area contributed by atoms with Gasteiger partial charge >= 0.3 is 0 Å². The summed E-state index contributed by atoms with van der Waals surface area (Å²) in [5.74, 6) is 2.32. The molecule has 2 saturated carbocycles. The summed E-state index contributed by atoms with van der Waals surface area (Å²) in [5, 5.41) is 13.9. The third-order valence-corrected chi connectivity index (χ3v) is 9.74. The molecule has 3 fully saturated rings. The van der Waals surface area contributed by atoms with Gasteiger partial charge in [-0.05, 0) is 85.6 Å². The zero-order chi connectivity index (χ0) is 26.6. The molecular weight excluding hydrogens is 519 g/mol. The van der Waals surface area contributed by atoms with Crippen LogP contribution in [-0.2, 0) is 4.79 Å². The van der Waals surface area contributed by atoms with E-state index in [1.54, 1.807) is 12.1 Å². The fourth-order valence-corrected chi connectivity index (χ4v) is 7.27. The molecule has 1 heterocycles. The summed E-state index contributed by atoms with van der Waals surface area (Å²) in [5.41, 5.74) is 1.50. The van der Waals surface area contributed by atoms with Gasteiger partial charge in [0.25, 0.3) is 5.91 Å². The molecule has 204 valence electrons. The highest BCUT2D eigenvalue weighted by Gasteiger charge is 2.48. The number of para-hydroxylation sites is 1. The summed E-state index contributed by atoms with van der Waals surface area (Å²) in [4.78, 5) is 28.0. The normalized spacial score (nSPS) is 26.3. The molecule has 5 rings (SSSR count). The van der Waals surface area contributed by atoms with Gasteiger partial charge in [-0.3, -0.25) is 9.59 Å². The lowest BCUT2D eigenvalue weighted by molar-refractivity contribution is -0.131. The average molecular weight is 558 g/mol. The van der Waals surface area contributed by atoms with E-state index >= 15 is 0 Å². The number of halogens is 2. The van der Waals surface area contributed by atoms with Gasteiger partial charge in [0, 0.05) is 18.2 Å². The maximum absolute atomic E-state index is 13.3. The Morgan fingerprint density at radius 2 is 1.61 bits per heavy atom. The Bertz CT molecular complexity index is 1150. The number of phenols is 1. The van der Waals surface area contributed by atoms with Crippen molar-refractivity contribution in [1.82, 2.24) is 10.2 Å². The second-order valence-electron chi connectivity index (χ2n) is 11.4. The lowest BCUT2D eigenvalue weighted by atomic mass is 9.78. The van der Waals surface area contributed by atoms with Crippen molar-refractivity contribution >= 4 is 35.0 Å². The smallest absolute Gasteiger partial charge is 0.251 e. The largest absolute Gasteiger partial charge is 0.508 e. The van der Waals surface area contributed by atoms with E-state index in [0.29, 0.717) is 51.1 Å². The van der Waals surface area contributed by atoms with Crippen LogP contribution in [-0.4, -0.2) is 41.0 Å². The van der Waals surface area contributed by atoms with Gasteiger partial charge < -0.3 is 15.3 Å². The van der Waals surface area contributed by atoms with Crippen LogP contribution in [0.15, 0.2) is 42.5 Å². The maximum Gasteiger partial charge on any atom is 0.251 e. The first-order chi connectivity index (χ1) is 18.4. The molecule has 7 heteroatoms. The molecule has 1 saturated heterocycles. The molecule has 2 N–H and O–H groups in total. The van der Waals surface area contributed by atoms with Gasteiger partial charge in [0.2, 0.25) is 5.91 Å². The number of likely N-dealkylation sites (tertiary alicyclic amines) is 1. The molecule has 2 aliphatic carbocycles. The zero-order valence-electron chi connectivity index (χ0n) is 21.9. The topological polar surface area (TPSA) is 69.6 Å². The molecule has 0 aromatic heterocycles. The Balaban J connectivity index is 1.20. The third kappa shape index (κ3) is 6.31. The van der Waals surface area contributed by atoms with Crippen LogP contribution in [0.5, 0.6) is 5.75 Å². The van der Waals surface area contributed by atoms with Gasteiger partial charge in [0.15, 0.2) is 0 Å². The van der Waals surface area contributed by atoms with E-state index < -0.39 is 0 Å². The van der Waals surface area contributed by atoms with E-state index in [9.17, 15) is 14.7 Å². The summed E-state index contributed by atoms with van der Waals surface area (Å²) >= 11 is 12.0. The van der Waals surface area contributed by atoms with E-state index in [0.717, 1.165) is 37.8 Å². The lowest BCUT2D eigenvalue weighted by Gasteiger charge is -2.33. The van der Waals surface area contributed by atoms with E-state index in [2.05, 4.69) is 16.3 Å². The van der Waals surface area contributed by atoms with Crippen molar-refractivity contribution in [3.05, 3.63) is 63.6 Å². The number of rotatable bonds is 6. The van der Waals surface area contributed by atoms with Crippen LogP contribution in [0.4, 0.5) is 0 Å². The Morgan fingerprint density at radius 3 is 2.37 bits per heavy atom. The van der Waals surface area contributed by atoms with Crippen molar-refractivity contribution in [3.8, 4) is 5.75 Å². The minimum absolute atomic E-state index is 0.00192. The van der Waals surface area contributed by atoms with Gasteiger partial charge in [-0.25, -0.2) is 0 Å². The number of amides is 2. The number of benzene rings is 2. The van der Waals surface area contributed by atoms with Crippen LogP contribution in [0.25, 0.3) is 0 Å². The summed E-state index contributed by atoms with van der Waals surface area (Å²) in [6.45, 7) is 0.784. The molecule has 2 amide bonds. The van der Waals surface area contributed by atoms with E-state index in [-0.39, 0.29) is 18.4 Å². The highest BCUT2D eigenvalue weighted by atomic mass is 35.5. The first kappa shape index (κ1) is 27.3. The summed E-state index contributed by atoms with van der Waals surface area (Å²) in [6.07, 6.45) is 11.6. The molecule has 2 aromatic rings. The number of aromatic hydroxyl groups is 1. The molecule has 4 atom stereocenters. The Morgan fingerprint density at radius 1 is 0.868 bits per heavy atom. The molecule has 0 bridgehead atoms. The van der Waals surface area contributed by atoms with E-state index in [1.165, 1.54) is 44.6 Å². The molecule has 1 aliphatic heterocycles. The molecule has 0 spiro atoms. The van der Waals surface area contributed by atoms with Gasteiger partial charge in [-0.2, -0.15) is 0 Å². The number of phenolic OH excluding ortho intramolecular Hbond substituents is 1. The summed E-state index contributed by atoms with van der Waals surface area (Å²) in [6, 6.07) is 12.9. The van der Waals surface area contributed by atoms with Crippen LogP contribution in [0.1, 0.15) is 86.0 Å². The van der Waals surface area contributed by atoms with Gasteiger partial charge in [0.05, 0.1) is 16.6 Å². The third-order valence-electron chi connectivity index (χ3n) is 9.00. The Kier molecular flexibility index (Phi) is 8.84. The Labute approximate surface area is 235 Å². The maximum atomic E-state index is 13.3. The lowest BCUT2D eigenvalue weighted by Crippen LogP contribution is -2.45. The van der Waals surface area contributed by atoms with Crippen molar-refractivity contribution in [2.24, 2.45) is 17.8 Å². The average Bonchev–Trinajstić information content (AvgIpc) is 3.63. The second kappa shape index (κ2) is 12.3. The van der Waals surface area contributed by atoms with Crippen molar-refractivity contribution in [2.45, 2.75) is 76.2 Å². The second-order valence-corrected chi connectivity index (χ2v) is 12.2. The summed E-state index contributed by atoms with van der Waals surface area (Å²) < 4.78 is 0. The molecule has 3 unspecified atom stereocenters. The number of hydrogen-bond acceptors (Lipinski definition) is 3. The number of hydrogen-bond donors (Lipinski definition) is 2. The molecule has 5 nitrogen and oxygen atoms in total. The molecular formula is C31H38Cl2N2O3. The standard InChI is InChI=1S/C31H38Cl2N2O3/c32-26-15-14-23(18-27(26)33)31(38)34-19-29(37)35-17-16-25(30(35)22-12-13-22)21-7-2-1-6-20(8-5-9-21)24-10-3-4-11-28(24)36/h3-4,10-11,14-15,18,20-22,25,30,36H,1-2,5-9,12-13,16-17,19H2,(H,34,38)/t20?,21?,25?,30-/m1/s1. The number of carbonyl (C=O) groups is 2. The van der Waals surface area contributed by atoms with Crippen molar-refractivity contribution in [3.63, 3.8) is 0 Å². The van der Waals surface area contributed by atoms with Crippen molar-refractivity contribution in [2.75, 3.05) is 13.1 Å². The number of carbonyl (C=O) groups excluding carboxylic acids is 2. The van der Waals surface area contributed by atoms with Crippen LogP contribution in [0, 0.1) is 17.8 Å². The van der Waals surface area contributed by atoms with E-state index in [4.69, 9.17) is 23.2 Å². The molecule has 2 aromatic carbocycles. The van der Waals surface area contributed by atoms with Crippen LogP contribution in [0.2, 0.25) is 10.0 Å². The molecule has 0 radical (unpaired) electrons. The minimum Gasteiger partial charge on any atom is -0.508 e. The first-order valence-electron chi connectivity index (χ1n) is 14.2. The Hall–Kier alpha value is -2.24. The van der Waals surface area contributed by atoms with E-state index in [1.807, 2.05) is 18.2 Å².